The SMILES string of the molecule is Cc1cc(N=C(C2=C(N)CC/C(=C\C(=O)c3cc4cc(C5CCOCC5)ccc4n3[C@@]3(c4noc(=O)[nH]4)C[C@@H]3C)C[C@H]2C)\C2=C/C=C\C=C(\Cc3ccc(S4(=O)=NCCC4)cc3)C(=O)C2)cc(C)c1F. The van der Waals surface area contributed by atoms with Crippen LogP contribution in [0, 0.1) is 31.5 Å². The van der Waals surface area contributed by atoms with Crippen molar-refractivity contribution in [3.8, 4) is 0 Å². The van der Waals surface area contributed by atoms with Crippen LogP contribution in [0.4, 0.5) is 10.1 Å². The van der Waals surface area contributed by atoms with Gasteiger partial charge in [-0.15, -0.1) is 0 Å². The van der Waals surface area contributed by atoms with E-state index in [2.05, 4.69) is 51.1 Å². The number of aromatic nitrogens is 3. The van der Waals surface area contributed by atoms with Gasteiger partial charge in [0.2, 0.25) is 5.78 Å². The molecule has 2 aromatic heterocycles. The zero-order chi connectivity index (χ0) is 48.9. The minimum absolute atomic E-state index is 0.0430. The summed E-state index contributed by atoms with van der Waals surface area (Å²) in [6.07, 6.45) is 14.5. The monoisotopic (exact) mass is 962 g/mol. The zero-order valence-corrected chi connectivity index (χ0v) is 41.0. The predicted octanol–water partition coefficient (Wildman–Crippen LogP) is 10.5. The van der Waals surface area contributed by atoms with Gasteiger partial charge in [0.15, 0.2) is 11.6 Å². The lowest BCUT2D eigenvalue weighted by Crippen LogP contribution is -2.26. The lowest BCUT2D eigenvalue weighted by molar-refractivity contribution is -0.115. The van der Waals surface area contributed by atoms with Crippen LogP contribution in [0.2, 0.25) is 0 Å². The number of nitrogens with two attached hydrogens (primary N) is 1. The Balaban J connectivity index is 0.972. The molecule has 10 rings (SSSR count). The summed E-state index contributed by atoms with van der Waals surface area (Å²) in [5, 5.41) is 5.10. The van der Waals surface area contributed by atoms with Crippen LogP contribution in [-0.4, -0.2) is 61.7 Å². The molecular weight excluding hydrogens is 904 g/mol. The van der Waals surface area contributed by atoms with Crippen LogP contribution in [0.5, 0.6) is 0 Å². The molecule has 3 aliphatic carbocycles. The molecule has 1 saturated carbocycles. The smallest absolute Gasteiger partial charge is 0.402 e. The number of nitrogens with zero attached hydrogens (tertiary/aromatic N) is 4. The number of ether oxygens (including phenoxy) is 1. The van der Waals surface area contributed by atoms with Crippen LogP contribution in [0.3, 0.4) is 0 Å². The normalized spacial score (nSPS) is 27.1. The van der Waals surface area contributed by atoms with Gasteiger partial charge in [-0.1, -0.05) is 67.1 Å². The third-order valence-electron chi connectivity index (χ3n) is 15.0. The fourth-order valence-corrected chi connectivity index (χ4v) is 13.1. The predicted molar refractivity (Wildman–Crippen MR) is 271 cm³/mol. The first kappa shape index (κ1) is 47.2. The molecular formula is C56H59FN6O6S. The van der Waals surface area contributed by atoms with Crippen molar-refractivity contribution in [3.05, 3.63) is 169 Å². The topological polar surface area (TPSA) is 175 Å². The van der Waals surface area contributed by atoms with Crippen LogP contribution in [0.25, 0.3) is 10.9 Å². The number of hydrogen-bond donors (Lipinski definition) is 2. The molecule has 1 saturated heterocycles. The Kier molecular flexibility index (Phi) is 12.8. The number of fused-ring (bicyclic) bond motifs is 1. The maximum atomic E-state index is 15.0. The number of H-pyrrole nitrogens is 1. The number of carbonyl (C=O) groups excluding carboxylic acids is 2. The van der Waals surface area contributed by atoms with Gasteiger partial charge in [0.05, 0.1) is 26.8 Å². The van der Waals surface area contributed by atoms with E-state index in [4.69, 9.17) is 20.0 Å². The van der Waals surface area contributed by atoms with E-state index in [9.17, 15) is 18.6 Å². The van der Waals surface area contributed by atoms with Crippen molar-refractivity contribution in [2.45, 2.75) is 102 Å². The highest BCUT2D eigenvalue weighted by atomic mass is 32.2. The number of hydrogen-bond acceptors (Lipinski definition) is 10. The minimum atomic E-state index is -2.39. The van der Waals surface area contributed by atoms with E-state index in [-0.39, 0.29) is 35.6 Å². The van der Waals surface area contributed by atoms with Crippen molar-refractivity contribution >= 4 is 43.6 Å². The van der Waals surface area contributed by atoms with Gasteiger partial charge in [-0.2, -0.15) is 0 Å². The number of rotatable bonds is 11. The summed E-state index contributed by atoms with van der Waals surface area (Å²) in [5.41, 5.74) is 15.4. The fourth-order valence-electron chi connectivity index (χ4n) is 11.1. The van der Waals surface area contributed by atoms with Crippen molar-refractivity contribution in [1.29, 1.82) is 0 Å². The molecule has 0 amide bonds. The third-order valence-corrected chi connectivity index (χ3v) is 17.4. The Hall–Kier alpha value is -6.51. The van der Waals surface area contributed by atoms with Crippen molar-refractivity contribution in [2.75, 3.05) is 25.5 Å². The lowest BCUT2D eigenvalue weighted by Gasteiger charge is -2.23. The fraction of sp³-hybridized carbons (Fsp3) is 0.375. The molecule has 3 N–H and O–H groups in total. The van der Waals surface area contributed by atoms with E-state index in [1.165, 1.54) is 5.56 Å². The zero-order valence-electron chi connectivity index (χ0n) is 40.2. The Labute approximate surface area is 407 Å². The van der Waals surface area contributed by atoms with Gasteiger partial charge >= 0.3 is 5.76 Å². The van der Waals surface area contributed by atoms with Crippen LogP contribution < -0.4 is 11.5 Å². The first-order chi connectivity index (χ1) is 33.7. The van der Waals surface area contributed by atoms with Gasteiger partial charge in [0.1, 0.15) is 11.4 Å². The summed E-state index contributed by atoms with van der Waals surface area (Å²) in [7, 11) is -2.39. The van der Waals surface area contributed by atoms with E-state index in [1.54, 1.807) is 32.1 Å². The van der Waals surface area contributed by atoms with Crippen LogP contribution >= 0.6 is 0 Å². The second-order valence-corrected chi connectivity index (χ2v) is 22.3. The van der Waals surface area contributed by atoms with Crippen molar-refractivity contribution in [2.24, 2.45) is 26.9 Å². The van der Waals surface area contributed by atoms with Gasteiger partial charge in [0, 0.05) is 59.8 Å². The van der Waals surface area contributed by atoms with E-state index in [0.717, 1.165) is 51.8 Å². The summed E-state index contributed by atoms with van der Waals surface area (Å²) in [6, 6.07) is 19.4. The number of benzene rings is 3. The standard InChI is InChI=1S/C56H59FN6O6S/c1-33-24-38(28-50(65)48-30-43-29-40(39-18-21-68-22-19-39)13-17-47(43)63(48)56(32-36(56)4)54-61-55(66)69-62-54)12-16-46(58)51(33)53(60-44-25-34(2)52(57)35(3)26-44)42-9-6-5-8-41(49(64)31-42)27-37-10-14-45(15-11-37)70(67)23-7-20-59-70/h5-6,8-11,13-15,17,25-26,28-30,33,36,39H,7,12,16,18-24,27,31-32,58H2,1-4H3,(H,61,62,66)/b6-5-,38-28+,41-8-,42-9-,60-53?/t33-,36+,56+,70?/m1/s1. The molecule has 5 aliphatic rings. The molecule has 4 atom stereocenters. The number of ketones is 2. The average molecular weight is 963 g/mol. The number of aliphatic imine (C=N–C) groups is 1. The molecule has 12 nitrogen and oxygen atoms in total. The molecule has 1 unspecified atom stereocenters. The first-order valence-corrected chi connectivity index (χ1v) is 26.2. The van der Waals surface area contributed by atoms with Crippen molar-refractivity contribution < 1.29 is 27.4 Å². The highest BCUT2D eigenvalue weighted by Gasteiger charge is 2.59. The molecule has 3 aromatic carbocycles. The van der Waals surface area contributed by atoms with E-state index < -0.39 is 21.0 Å². The maximum Gasteiger partial charge on any atom is 0.438 e. The third kappa shape index (κ3) is 9.07. The number of aryl methyl sites for hydroxylation is 2. The van der Waals surface area contributed by atoms with Crippen molar-refractivity contribution in [3.63, 3.8) is 0 Å². The molecule has 2 fully saturated rings. The number of nitrogens with one attached hydrogen (secondary N) is 1. The molecule has 70 heavy (non-hydrogen) atoms. The average Bonchev–Trinajstić information content (AvgIpc) is 3.67. The molecule has 0 radical (unpaired) electrons. The van der Waals surface area contributed by atoms with E-state index >= 15 is 4.39 Å². The summed E-state index contributed by atoms with van der Waals surface area (Å²) >= 11 is 0. The van der Waals surface area contributed by atoms with E-state index in [1.807, 2.05) is 54.6 Å². The molecule has 14 heteroatoms. The number of Topliss-reactive ketones (excluding diaryl/α,β-unsaturated/α-hetero) is 1. The number of carbonyl (C=O) groups is 2. The quantitative estimate of drug-likeness (QED) is 0.0747. The number of halogens is 1. The van der Waals surface area contributed by atoms with Gasteiger partial charge in [-0.3, -0.25) is 19.1 Å². The lowest BCUT2D eigenvalue weighted by atomic mass is 9.84. The number of allylic oxidation sites excluding steroid dienone is 10. The summed E-state index contributed by atoms with van der Waals surface area (Å²) < 4.78 is 45.5. The molecule has 5 aromatic rings. The Morgan fingerprint density at radius 3 is 2.44 bits per heavy atom. The van der Waals surface area contributed by atoms with Gasteiger partial charge in [-0.25, -0.2) is 22.7 Å². The van der Waals surface area contributed by atoms with Crippen LogP contribution in [-0.2, 0) is 31.2 Å². The van der Waals surface area contributed by atoms with Crippen LogP contribution in [0.1, 0.15) is 110 Å². The largest absolute Gasteiger partial charge is 0.438 e. The summed E-state index contributed by atoms with van der Waals surface area (Å²) in [4.78, 5) is 50.4. The molecule has 0 spiro atoms. The summed E-state index contributed by atoms with van der Waals surface area (Å²) in [6.45, 7) is 9.62. The Morgan fingerprint density at radius 2 is 1.76 bits per heavy atom. The van der Waals surface area contributed by atoms with Gasteiger partial charge < -0.3 is 15.0 Å². The van der Waals surface area contributed by atoms with Crippen molar-refractivity contribution in [1.82, 2.24) is 14.7 Å². The van der Waals surface area contributed by atoms with E-state index in [0.29, 0.717) is 114 Å². The molecule has 362 valence electrons. The second kappa shape index (κ2) is 19.0. The van der Waals surface area contributed by atoms with Gasteiger partial charge in [-0.05, 0) is 164 Å². The minimum Gasteiger partial charge on any atom is -0.402 e. The van der Waals surface area contributed by atoms with Gasteiger partial charge in [0.25, 0.3) is 0 Å². The Bertz CT molecular complexity index is 3310. The highest BCUT2D eigenvalue weighted by Crippen LogP contribution is 2.56. The Morgan fingerprint density at radius 1 is 1.01 bits per heavy atom. The number of aromatic amines is 1. The first-order valence-electron chi connectivity index (χ1n) is 24.5. The van der Waals surface area contributed by atoms with Crippen LogP contribution in [0.15, 0.2) is 143 Å². The molecule has 4 heterocycles. The molecule has 0 bridgehead atoms. The highest BCUT2D eigenvalue weighted by molar-refractivity contribution is 7.93. The second-order valence-electron chi connectivity index (χ2n) is 19.8. The summed E-state index contributed by atoms with van der Waals surface area (Å²) in [5.74, 6) is -0.0508. The molecule has 2 aliphatic heterocycles. The maximum absolute atomic E-state index is 15.0.